The first-order valence-electron chi connectivity index (χ1n) is 8.81. The summed E-state index contributed by atoms with van der Waals surface area (Å²) in [6, 6.07) is 8.37. The van der Waals surface area contributed by atoms with Gasteiger partial charge in [-0.3, -0.25) is 14.6 Å². The molecule has 2 heterocycles. The SMILES string of the molecule is O=Cc1c(O)cccc1OCC[C@@H]1CCCCN1C(=O)c1cccnc1. The monoisotopic (exact) mass is 354 g/mol. The number of phenols is 1. The minimum absolute atomic E-state index is 0.00580. The highest BCUT2D eigenvalue weighted by Gasteiger charge is 2.27. The number of likely N-dealkylation sites (tertiary alicyclic amines) is 1. The first kappa shape index (κ1) is 17.9. The lowest BCUT2D eigenvalue weighted by Gasteiger charge is -2.35. The highest BCUT2D eigenvalue weighted by molar-refractivity contribution is 5.94. The molecule has 0 bridgehead atoms. The molecule has 1 aliphatic rings. The summed E-state index contributed by atoms with van der Waals surface area (Å²) in [5.74, 6) is 0.262. The average Bonchev–Trinajstić information content (AvgIpc) is 2.69. The molecule has 1 saturated heterocycles. The van der Waals surface area contributed by atoms with Crippen molar-refractivity contribution in [3.8, 4) is 11.5 Å². The zero-order valence-electron chi connectivity index (χ0n) is 14.5. The molecule has 0 unspecified atom stereocenters. The summed E-state index contributed by atoms with van der Waals surface area (Å²) < 4.78 is 5.70. The second-order valence-corrected chi connectivity index (χ2v) is 6.33. The summed E-state index contributed by atoms with van der Waals surface area (Å²) in [7, 11) is 0. The normalized spacial score (nSPS) is 16.9. The molecular formula is C20H22N2O4. The molecule has 0 saturated carbocycles. The molecular weight excluding hydrogens is 332 g/mol. The van der Waals surface area contributed by atoms with Crippen LogP contribution in [-0.4, -0.2) is 46.4 Å². The maximum absolute atomic E-state index is 12.8. The third kappa shape index (κ3) is 4.02. The molecule has 3 rings (SSSR count). The van der Waals surface area contributed by atoms with Gasteiger partial charge in [-0.1, -0.05) is 6.07 Å². The van der Waals surface area contributed by atoms with Gasteiger partial charge in [0, 0.05) is 31.4 Å². The quantitative estimate of drug-likeness (QED) is 0.807. The smallest absolute Gasteiger partial charge is 0.255 e. The topological polar surface area (TPSA) is 79.7 Å². The molecule has 1 N–H and O–H groups in total. The van der Waals surface area contributed by atoms with Crippen LogP contribution in [0.4, 0.5) is 0 Å². The van der Waals surface area contributed by atoms with Gasteiger partial charge < -0.3 is 14.7 Å². The van der Waals surface area contributed by atoms with Crippen molar-refractivity contribution in [3.63, 3.8) is 0 Å². The van der Waals surface area contributed by atoms with Gasteiger partial charge in [0.2, 0.25) is 0 Å². The zero-order valence-corrected chi connectivity index (χ0v) is 14.5. The van der Waals surface area contributed by atoms with Gasteiger partial charge in [0.25, 0.3) is 5.91 Å². The van der Waals surface area contributed by atoms with E-state index in [1.807, 2.05) is 4.90 Å². The summed E-state index contributed by atoms with van der Waals surface area (Å²) in [5, 5.41) is 9.71. The number of amides is 1. The van der Waals surface area contributed by atoms with Gasteiger partial charge in [-0.25, -0.2) is 0 Å². The van der Waals surface area contributed by atoms with Crippen LogP contribution in [-0.2, 0) is 0 Å². The summed E-state index contributed by atoms with van der Waals surface area (Å²) in [6.07, 6.45) is 7.49. The fraction of sp³-hybridized carbons (Fsp3) is 0.350. The number of rotatable bonds is 6. The zero-order chi connectivity index (χ0) is 18.4. The van der Waals surface area contributed by atoms with E-state index >= 15 is 0 Å². The van der Waals surface area contributed by atoms with E-state index in [-0.39, 0.29) is 23.3 Å². The molecule has 136 valence electrons. The Bertz CT molecular complexity index is 764. The van der Waals surface area contributed by atoms with E-state index in [1.54, 1.807) is 36.7 Å². The number of hydrogen-bond acceptors (Lipinski definition) is 5. The Morgan fingerprint density at radius 3 is 2.96 bits per heavy atom. The Morgan fingerprint density at radius 1 is 1.31 bits per heavy atom. The van der Waals surface area contributed by atoms with E-state index < -0.39 is 0 Å². The van der Waals surface area contributed by atoms with Crippen molar-refractivity contribution in [2.75, 3.05) is 13.2 Å². The molecule has 0 radical (unpaired) electrons. The van der Waals surface area contributed by atoms with Gasteiger partial charge in [0.1, 0.15) is 11.5 Å². The minimum Gasteiger partial charge on any atom is -0.507 e. The maximum Gasteiger partial charge on any atom is 0.255 e. The number of pyridine rings is 1. The average molecular weight is 354 g/mol. The first-order valence-corrected chi connectivity index (χ1v) is 8.81. The van der Waals surface area contributed by atoms with Crippen LogP contribution in [0.25, 0.3) is 0 Å². The highest BCUT2D eigenvalue weighted by Crippen LogP contribution is 2.27. The van der Waals surface area contributed by atoms with Crippen LogP contribution in [0.2, 0.25) is 0 Å². The molecule has 1 fully saturated rings. The molecule has 6 heteroatoms. The Balaban J connectivity index is 1.63. The second-order valence-electron chi connectivity index (χ2n) is 6.33. The number of nitrogens with zero attached hydrogens (tertiary/aromatic N) is 2. The van der Waals surface area contributed by atoms with Gasteiger partial charge in [-0.05, 0) is 43.5 Å². The summed E-state index contributed by atoms with van der Waals surface area (Å²) in [4.78, 5) is 29.8. The number of aldehydes is 1. The van der Waals surface area contributed by atoms with Crippen LogP contribution in [0.15, 0.2) is 42.7 Å². The third-order valence-corrected chi connectivity index (χ3v) is 4.67. The van der Waals surface area contributed by atoms with Crippen molar-refractivity contribution in [2.24, 2.45) is 0 Å². The van der Waals surface area contributed by atoms with Crippen molar-refractivity contribution in [1.29, 1.82) is 0 Å². The predicted octanol–water partition coefficient (Wildman–Crippen LogP) is 3.06. The number of benzene rings is 1. The molecule has 1 amide bonds. The Morgan fingerprint density at radius 2 is 2.19 bits per heavy atom. The van der Waals surface area contributed by atoms with E-state index in [1.165, 1.54) is 6.07 Å². The number of carbonyl (C=O) groups excluding carboxylic acids is 2. The number of carbonyl (C=O) groups is 2. The van der Waals surface area contributed by atoms with Crippen LogP contribution < -0.4 is 4.74 Å². The Labute approximate surface area is 152 Å². The molecule has 1 aromatic heterocycles. The first-order chi connectivity index (χ1) is 12.7. The largest absolute Gasteiger partial charge is 0.507 e. The third-order valence-electron chi connectivity index (χ3n) is 4.67. The molecule has 2 aromatic rings. The Kier molecular flexibility index (Phi) is 5.84. The van der Waals surface area contributed by atoms with Crippen LogP contribution in [0, 0.1) is 0 Å². The summed E-state index contributed by atoms with van der Waals surface area (Å²) in [6.45, 7) is 1.09. The summed E-state index contributed by atoms with van der Waals surface area (Å²) in [5.41, 5.74) is 0.746. The van der Waals surface area contributed by atoms with Crippen LogP contribution in [0.1, 0.15) is 46.4 Å². The molecule has 0 spiro atoms. The minimum atomic E-state index is -0.0939. The molecule has 6 nitrogen and oxygen atoms in total. The fourth-order valence-electron chi connectivity index (χ4n) is 3.30. The van der Waals surface area contributed by atoms with Crippen molar-refractivity contribution < 1.29 is 19.4 Å². The van der Waals surface area contributed by atoms with Gasteiger partial charge in [-0.15, -0.1) is 0 Å². The highest BCUT2D eigenvalue weighted by atomic mass is 16.5. The van der Waals surface area contributed by atoms with Crippen LogP contribution in [0.5, 0.6) is 11.5 Å². The van der Waals surface area contributed by atoms with Crippen LogP contribution >= 0.6 is 0 Å². The number of ether oxygens (including phenoxy) is 1. The number of hydrogen-bond donors (Lipinski definition) is 1. The predicted molar refractivity (Wildman–Crippen MR) is 96.5 cm³/mol. The number of piperidine rings is 1. The standard InChI is InChI=1S/C20H22N2O4/c23-14-17-18(24)7-3-8-19(17)26-12-9-16-6-1-2-11-22(16)20(25)15-5-4-10-21-13-15/h3-5,7-8,10,13-14,16,24H,1-2,6,9,11-12H2/t16-/m0/s1. The molecule has 1 atom stereocenters. The maximum atomic E-state index is 12.8. The number of phenolic OH excluding ortho intramolecular Hbond substituents is 1. The molecule has 26 heavy (non-hydrogen) atoms. The fourth-order valence-corrected chi connectivity index (χ4v) is 3.30. The Hall–Kier alpha value is -2.89. The lowest BCUT2D eigenvalue weighted by Crippen LogP contribution is -2.44. The second kappa shape index (κ2) is 8.47. The van der Waals surface area contributed by atoms with Crippen molar-refractivity contribution in [1.82, 2.24) is 9.88 Å². The molecule has 1 aliphatic heterocycles. The number of aromatic hydroxyl groups is 1. The molecule has 0 aliphatic carbocycles. The lowest BCUT2D eigenvalue weighted by molar-refractivity contribution is 0.0580. The van der Waals surface area contributed by atoms with Crippen molar-refractivity contribution >= 4 is 12.2 Å². The van der Waals surface area contributed by atoms with Crippen molar-refractivity contribution in [3.05, 3.63) is 53.9 Å². The van der Waals surface area contributed by atoms with E-state index in [2.05, 4.69) is 4.98 Å². The van der Waals surface area contributed by atoms with Crippen LogP contribution in [0.3, 0.4) is 0 Å². The van der Waals surface area contributed by atoms with Gasteiger partial charge in [0.15, 0.2) is 6.29 Å². The van der Waals surface area contributed by atoms with E-state index in [0.29, 0.717) is 30.6 Å². The van der Waals surface area contributed by atoms with Gasteiger partial charge >= 0.3 is 0 Å². The summed E-state index contributed by atoms with van der Waals surface area (Å²) >= 11 is 0. The lowest BCUT2D eigenvalue weighted by atomic mass is 9.98. The van der Waals surface area contributed by atoms with E-state index in [4.69, 9.17) is 4.74 Å². The van der Waals surface area contributed by atoms with E-state index in [9.17, 15) is 14.7 Å². The molecule has 1 aromatic carbocycles. The van der Waals surface area contributed by atoms with Gasteiger partial charge in [-0.2, -0.15) is 0 Å². The van der Waals surface area contributed by atoms with Crippen molar-refractivity contribution in [2.45, 2.75) is 31.7 Å². The van der Waals surface area contributed by atoms with E-state index in [0.717, 1.165) is 25.8 Å². The number of aromatic nitrogens is 1. The van der Waals surface area contributed by atoms with Gasteiger partial charge in [0.05, 0.1) is 17.7 Å².